The van der Waals surface area contributed by atoms with Crippen LogP contribution in [-0.2, 0) is 10.0 Å². The monoisotopic (exact) mass is 365 g/mol. The molecular formula is C16H13F2N3O3S. The molecule has 0 saturated carbocycles. The zero-order valence-corrected chi connectivity index (χ0v) is 13.8. The SMILES string of the molecule is COc1c(F)cc(-c2cnn(-c3ccc(S(N)(=O)=O)cc3)c2)cc1F. The van der Waals surface area contributed by atoms with E-state index < -0.39 is 27.4 Å². The molecule has 0 bridgehead atoms. The average molecular weight is 365 g/mol. The molecule has 3 aromatic rings. The van der Waals surface area contributed by atoms with Crippen LogP contribution in [0.3, 0.4) is 0 Å². The van der Waals surface area contributed by atoms with Gasteiger partial charge in [-0.2, -0.15) is 5.10 Å². The summed E-state index contributed by atoms with van der Waals surface area (Å²) in [5, 5.41) is 9.16. The zero-order chi connectivity index (χ0) is 18.2. The lowest BCUT2D eigenvalue weighted by molar-refractivity contribution is 0.360. The van der Waals surface area contributed by atoms with Gasteiger partial charge in [-0.25, -0.2) is 27.0 Å². The molecule has 0 radical (unpaired) electrons. The highest BCUT2D eigenvalue weighted by molar-refractivity contribution is 7.89. The number of sulfonamides is 1. The molecule has 130 valence electrons. The normalized spacial score (nSPS) is 11.5. The van der Waals surface area contributed by atoms with Gasteiger partial charge in [-0.1, -0.05) is 0 Å². The van der Waals surface area contributed by atoms with Crippen molar-refractivity contribution in [2.45, 2.75) is 4.90 Å². The Kier molecular flexibility index (Phi) is 4.27. The minimum absolute atomic E-state index is 0.0251. The molecule has 0 saturated heterocycles. The fraction of sp³-hybridized carbons (Fsp3) is 0.0625. The first-order valence-electron chi connectivity index (χ1n) is 7.01. The number of benzene rings is 2. The van der Waals surface area contributed by atoms with Crippen molar-refractivity contribution >= 4 is 10.0 Å². The zero-order valence-electron chi connectivity index (χ0n) is 13.0. The van der Waals surface area contributed by atoms with Crippen LogP contribution in [-0.4, -0.2) is 25.3 Å². The van der Waals surface area contributed by atoms with Crippen LogP contribution < -0.4 is 9.88 Å². The van der Waals surface area contributed by atoms with Crippen molar-refractivity contribution in [2.75, 3.05) is 7.11 Å². The third-order valence-electron chi connectivity index (χ3n) is 3.55. The lowest BCUT2D eigenvalue weighted by Gasteiger charge is -2.05. The smallest absolute Gasteiger partial charge is 0.238 e. The summed E-state index contributed by atoms with van der Waals surface area (Å²) in [5.41, 5.74) is 1.34. The molecule has 0 aliphatic heterocycles. The predicted octanol–water partition coefficient (Wildman–Crippen LogP) is 2.47. The molecule has 2 N–H and O–H groups in total. The van der Waals surface area contributed by atoms with Crippen molar-refractivity contribution in [3.63, 3.8) is 0 Å². The number of hydrogen-bond acceptors (Lipinski definition) is 4. The van der Waals surface area contributed by atoms with E-state index in [1.54, 1.807) is 6.20 Å². The van der Waals surface area contributed by atoms with E-state index in [9.17, 15) is 17.2 Å². The number of ether oxygens (including phenoxy) is 1. The molecule has 0 fully saturated rings. The Hall–Kier alpha value is -2.78. The minimum atomic E-state index is -3.78. The first kappa shape index (κ1) is 17.1. The minimum Gasteiger partial charge on any atom is -0.491 e. The Bertz CT molecular complexity index is 1010. The van der Waals surface area contributed by atoms with Crippen molar-refractivity contribution in [2.24, 2.45) is 5.14 Å². The number of aromatic nitrogens is 2. The van der Waals surface area contributed by atoms with Gasteiger partial charge < -0.3 is 4.74 Å². The third kappa shape index (κ3) is 3.37. The van der Waals surface area contributed by atoms with E-state index in [-0.39, 0.29) is 4.90 Å². The highest BCUT2D eigenvalue weighted by atomic mass is 32.2. The van der Waals surface area contributed by atoms with E-state index in [4.69, 9.17) is 5.14 Å². The third-order valence-corrected chi connectivity index (χ3v) is 4.48. The van der Waals surface area contributed by atoms with Crippen LogP contribution in [0.1, 0.15) is 0 Å². The van der Waals surface area contributed by atoms with Crippen LogP contribution in [0.4, 0.5) is 8.78 Å². The molecule has 0 aliphatic carbocycles. The molecule has 1 aromatic heterocycles. The van der Waals surface area contributed by atoms with Crippen molar-refractivity contribution in [3.8, 4) is 22.6 Å². The van der Waals surface area contributed by atoms with Gasteiger partial charge in [0.05, 0.1) is 23.9 Å². The second-order valence-corrected chi connectivity index (χ2v) is 6.75. The highest BCUT2D eigenvalue weighted by Gasteiger charge is 2.14. The number of halogens is 2. The number of nitrogens with zero attached hydrogens (tertiary/aromatic N) is 2. The number of methoxy groups -OCH3 is 1. The van der Waals surface area contributed by atoms with Gasteiger partial charge in [0.15, 0.2) is 17.4 Å². The van der Waals surface area contributed by atoms with Crippen molar-refractivity contribution in [1.29, 1.82) is 0 Å². The molecule has 25 heavy (non-hydrogen) atoms. The fourth-order valence-corrected chi connectivity index (χ4v) is 2.84. The summed E-state index contributed by atoms with van der Waals surface area (Å²) >= 11 is 0. The number of hydrogen-bond donors (Lipinski definition) is 1. The maximum absolute atomic E-state index is 13.8. The van der Waals surface area contributed by atoms with Crippen LogP contribution in [0.25, 0.3) is 16.8 Å². The molecule has 2 aromatic carbocycles. The van der Waals surface area contributed by atoms with E-state index in [2.05, 4.69) is 9.84 Å². The summed E-state index contributed by atoms with van der Waals surface area (Å²) in [6.07, 6.45) is 3.00. The van der Waals surface area contributed by atoms with Gasteiger partial charge in [0.25, 0.3) is 0 Å². The summed E-state index contributed by atoms with van der Waals surface area (Å²) in [4.78, 5) is -0.0251. The molecule has 0 atom stereocenters. The summed E-state index contributed by atoms with van der Waals surface area (Å²) in [7, 11) is -2.60. The number of primary sulfonamides is 1. The molecule has 1 heterocycles. The second-order valence-electron chi connectivity index (χ2n) is 5.19. The van der Waals surface area contributed by atoms with Gasteiger partial charge in [0, 0.05) is 11.8 Å². The summed E-state index contributed by atoms with van der Waals surface area (Å²) in [6.45, 7) is 0. The largest absolute Gasteiger partial charge is 0.491 e. The first-order valence-corrected chi connectivity index (χ1v) is 8.55. The number of nitrogens with two attached hydrogens (primary N) is 1. The van der Waals surface area contributed by atoms with Crippen LogP contribution in [0.15, 0.2) is 53.7 Å². The van der Waals surface area contributed by atoms with E-state index >= 15 is 0 Å². The van der Waals surface area contributed by atoms with Crippen LogP contribution in [0.2, 0.25) is 0 Å². The van der Waals surface area contributed by atoms with Gasteiger partial charge in [0.2, 0.25) is 10.0 Å². The molecule has 0 amide bonds. The molecular weight excluding hydrogens is 352 g/mol. The van der Waals surface area contributed by atoms with E-state index in [0.29, 0.717) is 16.8 Å². The van der Waals surface area contributed by atoms with E-state index in [1.165, 1.54) is 42.3 Å². The van der Waals surface area contributed by atoms with E-state index in [0.717, 1.165) is 12.1 Å². The standard InChI is InChI=1S/C16H13F2N3O3S/c1-24-16-14(17)6-10(7-15(16)18)11-8-20-21(9-11)12-2-4-13(5-3-12)25(19,22)23/h2-9H,1H3,(H2,19,22,23). The molecule has 0 spiro atoms. The Labute approximate surface area is 142 Å². The van der Waals surface area contributed by atoms with Crippen molar-refractivity contribution < 1.29 is 21.9 Å². The quantitative estimate of drug-likeness (QED) is 0.769. The summed E-state index contributed by atoms with van der Waals surface area (Å²) < 4.78 is 56.3. The van der Waals surface area contributed by atoms with Crippen molar-refractivity contribution in [3.05, 3.63) is 60.4 Å². The van der Waals surface area contributed by atoms with Crippen LogP contribution in [0, 0.1) is 11.6 Å². The summed E-state index contributed by atoms with van der Waals surface area (Å²) in [5.74, 6) is -2.08. The highest BCUT2D eigenvalue weighted by Crippen LogP contribution is 2.29. The lowest BCUT2D eigenvalue weighted by atomic mass is 10.1. The Balaban J connectivity index is 1.95. The van der Waals surface area contributed by atoms with E-state index in [1.807, 2.05) is 0 Å². The average Bonchev–Trinajstić information content (AvgIpc) is 3.04. The van der Waals surface area contributed by atoms with Crippen LogP contribution in [0.5, 0.6) is 5.75 Å². The topological polar surface area (TPSA) is 87.2 Å². The predicted molar refractivity (Wildman–Crippen MR) is 86.8 cm³/mol. The first-order chi connectivity index (χ1) is 11.8. The maximum atomic E-state index is 13.8. The molecule has 3 rings (SSSR count). The molecule has 0 aliphatic rings. The fourth-order valence-electron chi connectivity index (χ4n) is 2.32. The van der Waals surface area contributed by atoms with Crippen molar-refractivity contribution in [1.82, 2.24) is 9.78 Å². The van der Waals surface area contributed by atoms with Gasteiger partial charge >= 0.3 is 0 Å². The van der Waals surface area contributed by atoms with Gasteiger partial charge in [0.1, 0.15) is 0 Å². The van der Waals surface area contributed by atoms with Gasteiger partial charge in [-0.15, -0.1) is 0 Å². The van der Waals surface area contributed by atoms with Gasteiger partial charge in [-0.05, 0) is 42.0 Å². The summed E-state index contributed by atoms with van der Waals surface area (Å²) in [6, 6.07) is 8.02. The Morgan fingerprint density at radius 1 is 1.08 bits per heavy atom. The molecule has 0 unspecified atom stereocenters. The molecule has 6 nitrogen and oxygen atoms in total. The Morgan fingerprint density at radius 2 is 1.68 bits per heavy atom. The number of rotatable bonds is 4. The Morgan fingerprint density at radius 3 is 2.20 bits per heavy atom. The van der Waals surface area contributed by atoms with Crippen LogP contribution >= 0.6 is 0 Å². The lowest BCUT2D eigenvalue weighted by Crippen LogP contribution is -2.12. The second kappa shape index (κ2) is 6.26. The van der Waals surface area contributed by atoms with Gasteiger partial charge in [-0.3, -0.25) is 0 Å². The molecule has 9 heteroatoms. The maximum Gasteiger partial charge on any atom is 0.238 e.